The highest BCUT2D eigenvalue weighted by molar-refractivity contribution is 5.90. The van der Waals surface area contributed by atoms with Crippen LogP contribution in [0, 0.1) is 5.92 Å². The molecule has 3 aromatic rings. The Balaban J connectivity index is 1.38. The molecule has 1 aromatic heterocycles. The molecular weight excluding hydrogens is 544 g/mol. The maximum Gasteiger partial charge on any atom is 0.339 e. The Kier molecular flexibility index (Phi) is 12.6. The maximum absolute atomic E-state index is 12.8. The van der Waals surface area contributed by atoms with Crippen molar-refractivity contribution in [3.05, 3.63) is 77.6 Å². The van der Waals surface area contributed by atoms with E-state index in [0.717, 1.165) is 5.56 Å². The Morgan fingerprint density at radius 1 is 1.00 bits per heavy atom. The number of nitrogens with one attached hydrogen (secondary N) is 3. The van der Waals surface area contributed by atoms with Crippen molar-refractivity contribution in [2.45, 2.75) is 58.2 Å². The summed E-state index contributed by atoms with van der Waals surface area (Å²) in [4.78, 5) is 48.4. The molecule has 3 amide bonds. The van der Waals surface area contributed by atoms with Crippen LogP contribution in [0.1, 0.15) is 55.5 Å². The summed E-state index contributed by atoms with van der Waals surface area (Å²) in [6.07, 6.45) is 2.06. The normalized spacial score (nSPS) is 12.2. The van der Waals surface area contributed by atoms with Crippen LogP contribution in [0.5, 0.6) is 0 Å². The van der Waals surface area contributed by atoms with Gasteiger partial charge in [-0.05, 0) is 49.4 Å². The van der Waals surface area contributed by atoms with Gasteiger partial charge in [-0.25, -0.2) is 10.3 Å². The van der Waals surface area contributed by atoms with Crippen LogP contribution >= 0.6 is 0 Å². The standard InChI is InChI=1S/C29H36N6O7/c1-2-42-29(40)27(38)21-11-13-23(14-12-21)31-25(36)10-6-7-15-35-19-24(32-34-35)18-30-28(39)22(17-26(37)33-41)16-20-8-4-3-5-9-20/h3-5,8-9,11-14,19,22,27,38,41H,2,6-7,10,15-18H2,1H3,(H,30,39)(H,31,36)(H,33,37). The molecule has 0 bridgehead atoms. The van der Waals surface area contributed by atoms with Gasteiger partial charge in [0, 0.05) is 25.1 Å². The third kappa shape index (κ3) is 10.4. The molecule has 42 heavy (non-hydrogen) atoms. The number of amides is 3. The molecule has 0 saturated carbocycles. The Bertz CT molecular complexity index is 1310. The van der Waals surface area contributed by atoms with Gasteiger partial charge in [-0.15, -0.1) is 5.10 Å². The second-order valence-corrected chi connectivity index (χ2v) is 9.60. The lowest BCUT2D eigenvalue weighted by molar-refractivity contribution is -0.153. The zero-order valence-corrected chi connectivity index (χ0v) is 23.4. The molecule has 0 fully saturated rings. The van der Waals surface area contributed by atoms with Gasteiger partial charge < -0.3 is 20.5 Å². The molecule has 0 radical (unpaired) electrons. The van der Waals surface area contributed by atoms with E-state index in [0.29, 0.717) is 42.8 Å². The second kappa shape index (κ2) is 16.6. The van der Waals surface area contributed by atoms with Crippen LogP contribution in [-0.2, 0) is 43.4 Å². The highest BCUT2D eigenvalue weighted by Gasteiger charge is 2.22. The summed E-state index contributed by atoms with van der Waals surface area (Å²) in [6.45, 7) is 2.49. The molecule has 0 aliphatic heterocycles. The van der Waals surface area contributed by atoms with Gasteiger partial charge in [-0.3, -0.25) is 24.3 Å². The number of benzene rings is 2. The molecule has 0 saturated heterocycles. The van der Waals surface area contributed by atoms with Gasteiger partial charge in [0.15, 0.2) is 6.10 Å². The average Bonchev–Trinajstić information content (AvgIpc) is 3.46. The summed E-state index contributed by atoms with van der Waals surface area (Å²) in [6, 6.07) is 15.6. The van der Waals surface area contributed by atoms with Crippen molar-refractivity contribution in [3.63, 3.8) is 0 Å². The Hall–Kier alpha value is -4.62. The van der Waals surface area contributed by atoms with E-state index in [-0.39, 0.29) is 37.8 Å². The number of rotatable bonds is 16. The van der Waals surface area contributed by atoms with Gasteiger partial charge in [0.1, 0.15) is 5.69 Å². The number of aryl methyl sites for hydroxylation is 1. The molecule has 0 spiro atoms. The van der Waals surface area contributed by atoms with E-state index in [1.165, 1.54) is 0 Å². The number of carbonyl (C=O) groups excluding carboxylic acids is 4. The summed E-state index contributed by atoms with van der Waals surface area (Å²) in [7, 11) is 0. The van der Waals surface area contributed by atoms with Crippen molar-refractivity contribution in [2.75, 3.05) is 11.9 Å². The minimum atomic E-state index is -1.38. The van der Waals surface area contributed by atoms with Crippen LogP contribution in [0.2, 0.25) is 0 Å². The molecule has 0 aliphatic carbocycles. The van der Waals surface area contributed by atoms with E-state index in [2.05, 4.69) is 20.9 Å². The lowest BCUT2D eigenvalue weighted by atomic mass is 9.95. The summed E-state index contributed by atoms with van der Waals surface area (Å²) < 4.78 is 6.43. The lowest BCUT2D eigenvalue weighted by Crippen LogP contribution is -2.35. The molecule has 13 heteroatoms. The van der Waals surface area contributed by atoms with E-state index in [4.69, 9.17) is 9.94 Å². The van der Waals surface area contributed by atoms with Gasteiger partial charge in [-0.1, -0.05) is 47.7 Å². The SMILES string of the molecule is CCOC(=O)C(O)c1ccc(NC(=O)CCCCn2cc(CNC(=O)C(CC(=O)NO)Cc3ccccc3)nn2)cc1. The van der Waals surface area contributed by atoms with Crippen LogP contribution in [0.25, 0.3) is 0 Å². The molecular formula is C29H36N6O7. The predicted octanol–water partition coefficient (Wildman–Crippen LogP) is 2.05. The average molecular weight is 581 g/mol. The summed E-state index contributed by atoms with van der Waals surface area (Å²) >= 11 is 0. The fourth-order valence-corrected chi connectivity index (χ4v) is 4.17. The molecule has 2 atom stereocenters. The Labute approximate surface area is 243 Å². The van der Waals surface area contributed by atoms with E-state index in [9.17, 15) is 24.3 Å². The lowest BCUT2D eigenvalue weighted by Gasteiger charge is -2.15. The van der Waals surface area contributed by atoms with Crippen molar-refractivity contribution in [1.29, 1.82) is 0 Å². The zero-order valence-electron chi connectivity index (χ0n) is 23.4. The number of aromatic nitrogens is 3. The van der Waals surface area contributed by atoms with Gasteiger partial charge in [0.05, 0.1) is 25.3 Å². The highest BCUT2D eigenvalue weighted by atomic mass is 16.5. The van der Waals surface area contributed by atoms with Gasteiger partial charge >= 0.3 is 5.97 Å². The number of ether oxygens (including phenoxy) is 1. The van der Waals surface area contributed by atoms with Crippen LogP contribution in [0.4, 0.5) is 5.69 Å². The molecule has 3 rings (SSSR count). The molecule has 224 valence electrons. The quantitative estimate of drug-likeness (QED) is 0.0732. The smallest absolute Gasteiger partial charge is 0.339 e. The highest BCUT2D eigenvalue weighted by Crippen LogP contribution is 2.18. The van der Waals surface area contributed by atoms with Crippen LogP contribution < -0.4 is 16.1 Å². The molecule has 13 nitrogen and oxygen atoms in total. The number of unbranched alkanes of at least 4 members (excludes halogenated alkanes) is 1. The minimum Gasteiger partial charge on any atom is -0.464 e. The molecule has 1 heterocycles. The van der Waals surface area contributed by atoms with Gasteiger partial charge in [0.2, 0.25) is 17.7 Å². The first-order chi connectivity index (χ1) is 20.3. The van der Waals surface area contributed by atoms with E-state index in [1.807, 2.05) is 30.3 Å². The molecule has 2 aromatic carbocycles. The summed E-state index contributed by atoms with van der Waals surface area (Å²) in [5.74, 6) is -2.55. The molecule has 2 unspecified atom stereocenters. The number of esters is 1. The number of aliphatic hydroxyl groups excluding tert-OH is 1. The number of carbonyl (C=O) groups is 4. The van der Waals surface area contributed by atoms with Crippen LogP contribution in [-0.4, -0.2) is 55.6 Å². The van der Waals surface area contributed by atoms with Crippen LogP contribution in [0.15, 0.2) is 60.8 Å². The number of aliphatic hydroxyl groups is 1. The van der Waals surface area contributed by atoms with Crippen molar-refractivity contribution in [2.24, 2.45) is 5.92 Å². The monoisotopic (exact) mass is 580 g/mol. The summed E-state index contributed by atoms with van der Waals surface area (Å²) in [5, 5.41) is 32.6. The third-order valence-electron chi connectivity index (χ3n) is 6.34. The van der Waals surface area contributed by atoms with E-state index >= 15 is 0 Å². The Morgan fingerprint density at radius 2 is 1.74 bits per heavy atom. The number of anilines is 1. The summed E-state index contributed by atoms with van der Waals surface area (Å²) in [5.41, 5.74) is 3.94. The first kappa shape index (κ1) is 31.9. The fourth-order valence-electron chi connectivity index (χ4n) is 4.17. The first-order valence-electron chi connectivity index (χ1n) is 13.7. The number of hydroxylamine groups is 1. The number of nitrogens with zero attached hydrogens (tertiary/aromatic N) is 3. The van der Waals surface area contributed by atoms with Crippen molar-refractivity contribution < 1.29 is 34.2 Å². The van der Waals surface area contributed by atoms with Crippen LogP contribution in [0.3, 0.4) is 0 Å². The topological polar surface area (TPSA) is 185 Å². The maximum atomic E-state index is 12.8. The third-order valence-corrected chi connectivity index (χ3v) is 6.34. The second-order valence-electron chi connectivity index (χ2n) is 9.60. The number of hydrogen-bond acceptors (Lipinski definition) is 9. The van der Waals surface area contributed by atoms with E-state index in [1.54, 1.807) is 47.5 Å². The minimum absolute atomic E-state index is 0.128. The Morgan fingerprint density at radius 3 is 2.43 bits per heavy atom. The van der Waals surface area contributed by atoms with E-state index < -0.39 is 23.9 Å². The largest absolute Gasteiger partial charge is 0.464 e. The first-order valence-corrected chi connectivity index (χ1v) is 13.7. The molecule has 0 aliphatic rings. The van der Waals surface area contributed by atoms with Gasteiger partial charge in [-0.2, -0.15) is 0 Å². The zero-order chi connectivity index (χ0) is 30.3. The number of hydrogen-bond donors (Lipinski definition) is 5. The molecule has 5 N–H and O–H groups in total. The fraction of sp³-hybridized carbons (Fsp3) is 0.379. The van der Waals surface area contributed by atoms with Crippen molar-refractivity contribution in [1.82, 2.24) is 25.8 Å². The van der Waals surface area contributed by atoms with Crippen molar-refractivity contribution >= 4 is 29.4 Å². The van der Waals surface area contributed by atoms with Crippen molar-refractivity contribution in [3.8, 4) is 0 Å². The van der Waals surface area contributed by atoms with Gasteiger partial charge in [0.25, 0.3) is 0 Å². The predicted molar refractivity (Wildman–Crippen MR) is 151 cm³/mol.